The third-order valence-electron chi connectivity index (χ3n) is 7.15. The summed E-state index contributed by atoms with van der Waals surface area (Å²) in [6, 6.07) is 4.27. The number of aromatic amines is 1. The number of fused-ring (bicyclic) bond motifs is 1. The molecule has 154 valence electrons. The Morgan fingerprint density at radius 3 is 2.73 bits per heavy atom. The molecule has 2 N–H and O–H groups in total. The number of nitrogens with one attached hydrogen (secondary N) is 2. The van der Waals surface area contributed by atoms with Gasteiger partial charge in [-0.2, -0.15) is 10.2 Å². The van der Waals surface area contributed by atoms with Gasteiger partial charge in [-0.1, -0.05) is 6.07 Å². The Balaban J connectivity index is 1.55. The minimum Gasteiger partial charge on any atom is -0.330 e. The van der Waals surface area contributed by atoms with Crippen LogP contribution in [-0.4, -0.2) is 42.6 Å². The number of H-pyrrole nitrogens is 1. The van der Waals surface area contributed by atoms with Crippen molar-refractivity contribution in [1.82, 2.24) is 34.8 Å². The van der Waals surface area contributed by atoms with Crippen molar-refractivity contribution in [2.45, 2.75) is 39.2 Å². The fraction of sp³-hybridized carbons (Fsp3) is 0.435. The van der Waals surface area contributed by atoms with E-state index in [9.17, 15) is 0 Å². The standard InChI is InChI=1S/C23H27N7/c1-4-30-11-16(9-26-30)20-21(19-14(2)5-6-18-17(19)10-25-28-18)29(3)22(27-20)15-7-23(8-15)12-24-13-23/h5-6,9-11,15,24H,4,7-8,12-13H2,1-3H3,(H,25,28). The largest absolute Gasteiger partial charge is 0.330 e. The van der Waals surface area contributed by atoms with Crippen LogP contribution in [0, 0.1) is 12.3 Å². The van der Waals surface area contributed by atoms with E-state index in [1.165, 1.54) is 29.8 Å². The molecule has 0 radical (unpaired) electrons. The molecule has 0 amide bonds. The van der Waals surface area contributed by atoms with Gasteiger partial charge in [-0.15, -0.1) is 0 Å². The Kier molecular flexibility index (Phi) is 3.75. The number of benzene rings is 1. The van der Waals surface area contributed by atoms with Gasteiger partial charge < -0.3 is 9.88 Å². The van der Waals surface area contributed by atoms with Crippen LogP contribution in [-0.2, 0) is 13.6 Å². The van der Waals surface area contributed by atoms with Crippen molar-refractivity contribution in [2.24, 2.45) is 12.5 Å². The van der Waals surface area contributed by atoms with E-state index < -0.39 is 0 Å². The molecule has 7 nitrogen and oxygen atoms in total. The van der Waals surface area contributed by atoms with Gasteiger partial charge in [-0.05, 0) is 43.7 Å². The number of imidazole rings is 1. The summed E-state index contributed by atoms with van der Waals surface area (Å²) in [5, 5.41) is 16.5. The van der Waals surface area contributed by atoms with Crippen LogP contribution in [0.2, 0.25) is 0 Å². The molecule has 7 heteroatoms. The van der Waals surface area contributed by atoms with Crippen molar-refractivity contribution in [2.75, 3.05) is 13.1 Å². The van der Waals surface area contributed by atoms with E-state index >= 15 is 0 Å². The number of rotatable bonds is 4. The summed E-state index contributed by atoms with van der Waals surface area (Å²) in [5.41, 5.74) is 7.28. The lowest BCUT2D eigenvalue weighted by Gasteiger charge is -2.54. The lowest BCUT2D eigenvalue weighted by Crippen LogP contribution is -2.59. The van der Waals surface area contributed by atoms with Gasteiger partial charge in [-0.3, -0.25) is 9.78 Å². The first-order chi connectivity index (χ1) is 14.6. The molecule has 2 fully saturated rings. The number of hydrogen-bond donors (Lipinski definition) is 2. The zero-order valence-corrected chi connectivity index (χ0v) is 17.7. The number of hydrogen-bond acceptors (Lipinski definition) is 4. The van der Waals surface area contributed by atoms with Gasteiger partial charge >= 0.3 is 0 Å². The number of aromatic nitrogens is 6. The third-order valence-corrected chi connectivity index (χ3v) is 7.15. The zero-order valence-electron chi connectivity index (χ0n) is 17.7. The highest BCUT2D eigenvalue weighted by Crippen LogP contribution is 2.54. The normalized spacial score (nSPS) is 18.1. The zero-order chi connectivity index (χ0) is 20.5. The molecule has 1 aliphatic carbocycles. The van der Waals surface area contributed by atoms with Crippen LogP contribution >= 0.6 is 0 Å². The summed E-state index contributed by atoms with van der Waals surface area (Å²) in [7, 11) is 2.17. The van der Waals surface area contributed by atoms with Gasteiger partial charge in [0.15, 0.2) is 0 Å². The van der Waals surface area contributed by atoms with Gasteiger partial charge in [0.1, 0.15) is 5.82 Å². The first-order valence-corrected chi connectivity index (χ1v) is 10.8. The summed E-state index contributed by atoms with van der Waals surface area (Å²) in [4.78, 5) is 5.24. The molecule has 0 bridgehead atoms. The Morgan fingerprint density at radius 2 is 2.03 bits per heavy atom. The first-order valence-electron chi connectivity index (χ1n) is 10.8. The third kappa shape index (κ3) is 2.45. The topological polar surface area (TPSA) is 76.3 Å². The van der Waals surface area contributed by atoms with Crippen LogP contribution in [0.3, 0.4) is 0 Å². The number of aryl methyl sites for hydroxylation is 2. The molecule has 1 aromatic carbocycles. The first kappa shape index (κ1) is 17.9. The summed E-state index contributed by atoms with van der Waals surface area (Å²) in [6.07, 6.45) is 8.45. The molecule has 1 aliphatic heterocycles. The SMILES string of the molecule is CCn1cc(-c2nc(C3CC4(CNC4)C3)n(C)c2-c2c(C)ccc3[nH]ncc23)cn1. The molecule has 6 rings (SSSR count). The molecular weight excluding hydrogens is 374 g/mol. The van der Waals surface area contributed by atoms with Gasteiger partial charge in [0.2, 0.25) is 0 Å². The average molecular weight is 402 g/mol. The summed E-state index contributed by atoms with van der Waals surface area (Å²) < 4.78 is 4.30. The van der Waals surface area contributed by atoms with Crippen molar-refractivity contribution in [3.8, 4) is 22.5 Å². The molecule has 4 aromatic rings. The highest BCUT2D eigenvalue weighted by atomic mass is 15.3. The van der Waals surface area contributed by atoms with E-state index in [4.69, 9.17) is 4.98 Å². The van der Waals surface area contributed by atoms with Crippen molar-refractivity contribution in [1.29, 1.82) is 0 Å². The Labute approximate surface area is 175 Å². The van der Waals surface area contributed by atoms with E-state index in [-0.39, 0.29) is 0 Å². The van der Waals surface area contributed by atoms with Crippen LogP contribution in [0.1, 0.15) is 37.1 Å². The molecule has 30 heavy (non-hydrogen) atoms. The second-order valence-corrected chi connectivity index (χ2v) is 9.11. The van der Waals surface area contributed by atoms with Gasteiger partial charge in [0.05, 0.1) is 29.3 Å². The van der Waals surface area contributed by atoms with Crippen molar-refractivity contribution in [3.05, 3.63) is 42.1 Å². The smallest absolute Gasteiger partial charge is 0.112 e. The summed E-state index contributed by atoms with van der Waals surface area (Å²) in [5.74, 6) is 1.72. The highest BCUT2D eigenvalue weighted by Gasteiger charge is 2.50. The maximum absolute atomic E-state index is 5.24. The average Bonchev–Trinajstić information content (AvgIpc) is 3.39. The van der Waals surface area contributed by atoms with E-state index in [0.29, 0.717) is 11.3 Å². The van der Waals surface area contributed by atoms with E-state index in [1.807, 2.05) is 17.1 Å². The number of nitrogens with zero attached hydrogens (tertiary/aromatic N) is 5. The summed E-state index contributed by atoms with van der Waals surface area (Å²) in [6.45, 7) is 7.45. The molecule has 3 aromatic heterocycles. The highest BCUT2D eigenvalue weighted by molar-refractivity contribution is 5.98. The molecule has 4 heterocycles. The van der Waals surface area contributed by atoms with Crippen molar-refractivity contribution < 1.29 is 0 Å². The van der Waals surface area contributed by atoms with Crippen LogP contribution < -0.4 is 5.32 Å². The quantitative estimate of drug-likeness (QED) is 0.548. The van der Waals surface area contributed by atoms with E-state index in [1.54, 1.807) is 0 Å². The molecule has 1 saturated heterocycles. The predicted octanol–water partition coefficient (Wildman–Crippen LogP) is 3.62. The summed E-state index contributed by atoms with van der Waals surface area (Å²) >= 11 is 0. The van der Waals surface area contributed by atoms with Crippen molar-refractivity contribution >= 4 is 10.9 Å². The van der Waals surface area contributed by atoms with Crippen LogP contribution in [0.4, 0.5) is 0 Å². The minimum absolute atomic E-state index is 0.518. The van der Waals surface area contributed by atoms with Gasteiger partial charge in [-0.25, -0.2) is 4.98 Å². The lowest BCUT2D eigenvalue weighted by molar-refractivity contribution is 0.0321. The maximum Gasteiger partial charge on any atom is 0.112 e. The van der Waals surface area contributed by atoms with Crippen molar-refractivity contribution in [3.63, 3.8) is 0 Å². The fourth-order valence-electron chi connectivity index (χ4n) is 5.40. The molecule has 2 aliphatic rings. The Bertz CT molecular complexity index is 1250. The van der Waals surface area contributed by atoms with Crippen LogP contribution in [0.25, 0.3) is 33.4 Å². The molecule has 0 atom stereocenters. The minimum atomic E-state index is 0.518. The fourth-order valence-corrected chi connectivity index (χ4v) is 5.40. The second-order valence-electron chi connectivity index (χ2n) is 9.11. The van der Waals surface area contributed by atoms with Crippen LogP contribution in [0.15, 0.2) is 30.7 Å². The Morgan fingerprint density at radius 1 is 1.20 bits per heavy atom. The molecule has 1 spiro atoms. The molecular formula is C23H27N7. The van der Waals surface area contributed by atoms with E-state index in [0.717, 1.165) is 47.5 Å². The van der Waals surface area contributed by atoms with Gasteiger partial charge in [0.25, 0.3) is 0 Å². The molecule has 0 unspecified atom stereocenters. The van der Waals surface area contributed by atoms with E-state index in [2.05, 4.69) is 64.4 Å². The maximum atomic E-state index is 5.24. The van der Waals surface area contributed by atoms with Crippen LogP contribution in [0.5, 0.6) is 0 Å². The molecule has 1 saturated carbocycles. The monoisotopic (exact) mass is 401 g/mol. The second kappa shape index (κ2) is 6.28. The lowest BCUT2D eigenvalue weighted by atomic mass is 9.58. The predicted molar refractivity (Wildman–Crippen MR) is 117 cm³/mol. The van der Waals surface area contributed by atoms with Gasteiger partial charge in [0, 0.05) is 55.3 Å². The Hall–Kier alpha value is -2.93.